The molecule has 1 saturated heterocycles. The first-order valence-electron chi connectivity index (χ1n) is 33.5. The van der Waals surface area contributed by atoms with Crippen LogP contribution in [0.15, 0.2) is 24.3 Å². The van der Waals surface area contributed by atoms with Crippen LogP contribution in [-0.2, 0) is 68.9 Å². The van der Waals surface area contributed by atoms with Gasteiger partial charge >= 0.3 is 24.2 Å². The Morgan fingerprint density at radius 3 is 2.07 bits per heavy atom. The Morgan fingerprint density at radius 2 is 1.43 bits per heavy atom. The average Bonchev–Trinajstić information content (AvgIpc) is 1.65. The number of aryl methyl sites for hydroxylation is 2. The van der Waals surface area contributed by atoms with Gasteiger partial charge in [-0.05, 0) is 112 Å². The lowest BCUT2D eigenvalue weighted by atomic mass is 9.89. The number of ether oxygens (including phenoxy) is 5. The van der Waals surface area contributed by atoms with E-state index in [1.165, 1.54) is 44.9 Å². The van der Waals surface area contributed by atoms with Crippen molar-refractivity contribution in [2.75, 3.05) is 38.7 Å². The first kappa shape index (κ1) is 75.7. The van der Waals surface area contributed by atoms with Crippen molar-refractivity contribution in [3.05, 3.63) is 41.2 Å². The molecule has 26 heteroatoms. The highest BCUT2D eigenvalue weighted by atomic mass is 16.7. The number of aromatic nitrogens is 3. The summed E-state index contributed by atoms with van der Waals surface area (Å²) in [5.74, 6) is -1.76. The number of rotatable bonds is 43. The number of unbranched alkanes of at least 4 members (excludes halogenated alkanes) is 12. The number of aliphatic hydroxyl groups excluding tert-OH is 5. The van der Waals surface area contributed by atoms with Crippen LogP contribution in [0.1, 0.15) is 192 Å². The van der Waals surface area contributed by atoms with E-state index in [0.29, 0.717) is 55.3 Å². The van der Waals surface area contributed by atoms with Crippen molar-refractivity contribution in [2.24, 2.45) is 35.3 Å². The summed E-state index contributed by atoms with van der Waals surface area (Å²) in [7, 11) is 1.63. The molecule has 0 spiro atoms. The highest BCUT2D eigenvalue weighted by molar-refractivity contribution is 5.97. The Balaban J connectivity index is 1.16. The first-order valence-corrected chi connectivity index (χ1v) is 33.5. The van der Waals surface area contributed by atoms with Gasteiger partial charge in [0.1, 0.15) is 43.2 Å². The number of carbonyl (C=O) groups excluding carboxylic acids is 7. The van der Waals surface area contributed by atoms with Gasteiger partial charge in [0, 0.05) is 51.0 Å². The number of fused-ring (bicyclic) bond motifs is 2. The molecule has 26 nitrogen and oxygen atoms in total. The normalized spacial score (nSPS) is 21.9. The van der Waals surface area contributed by atoms with E-state index in [1.54, 1.807) is 45.2 Å². The van der Waals surface area contributed by atoms with Crippen molar-refractivity contribution in [1.82, 2.24) is 36.3 Å². The third-order valence-electron chi connectivity index (χ3n) is 17.8. The van der Waals surface area contributed by atoms with Crippen LogP contribution in [0.2, 0.25) is 0 Å². The van der Waals surface area contributed by atoms with E-state index >= 15 is 0 Å². The second-order valence-electron chi connectivity index (χ2n) is 25.2. The molecule has 3 aliphatic rings. The zero-order valence-electron chi connectivity index (χ0n) is 54.4. The van der Waals surface area contributed by atoms with Gasteiger partial charge in [-0.1, -0.05) is 116 Å². The van der Waals surface area contributed by atoms with Crippen molar-refractivity contribution in [1.29, 1.82) is 0 Å². The minimum atomic E-state index is -1.78. The van der Waals surface area contributed by atoms with Gasteiger partial charge in [-0.15, -0.1) is 5.10 Å². The highest BCUT2D eigenvalue weighted by Crippen LogP contribution is 2.53. The van der Waals surface area contributed by atoms with Gasteiger partial charge in [0.25, 0.3) is 0 Å². The number of benzene rings is 1. The van der Waals surface area contributed by atoms with E-state index in [0.717, 1.165) is 75.6 Å². The molecule has 1 saturated carbocycles. The molecule has 2 aromatic rings. The fourth-order valence-corrected chi connectivity index (χ4v) is 12.2. The van der Waals surface area contributed by atoms with Gasteiger partial charge in [-0.2, -0.15) is 0 Å². The van der Waals surface area contributed by atoms with E-state index < -0.39 is 104 Å². The number of nitrogens with two attached hydrogens (primary N) is 1. The predicted molar refractivity (Wildman–Crippen MR) is 336 cm³/mol. The van der Waals surface area contributed by atoms with Gasteiger partial charge in [0.2, 0.25) is 11.8 Å². The van der Waals surface area contributed by atoms with Crippen LogP contribution < -0.4 is 32.3 Å². The molecule has 12 N–H and O–H groups in total. The van der Waals surface area contributed by atoms with Gasteiger partial charge in [0.15, 0.2) is 12.1 Å². The zero-order chi connectivity index (χ0) is 66.2. The second kappa shape index (κ2) is 40.8. The molecule has 2 aliphatic carbocycles. The van der Waals surface area contributed by atoms with Crippen LogP contribution in [-0.4, -0.2) is 171 Å². The summed E-state index contributed by atoms with van der Waals surface area (Å²) in [6, 6.07) is 3.28. The molecule has 0 bridgehead atoms. The number of nitrogens with zero attached hydrogens (tertiary/aromatic N) is 3. The molecular formula is C65H107N9O17. The summed E-state index contributed by atoms with van der Waals surface area (Å²) >= 11 is 0. The lowest BCUT2D eigenvalue weighted by molar-refractivity contribution is -0.303. The Labute approximate surface area is 536 Å². The summed E-state index contributed by atoms with van der Waals surface area (Å²) in [5.41, 5.74) is 8.23. The number of ketones is 1. The largest absolute Gasteiger partial charge is 0.460 e. The maximum absolute atomic E-state index is 14.1. The molecule has 13 atom stereocenters. The van der Waals surface area contributed by atoms with Gasteiger partial charge in [-0.25, -0.2) is 19.1 Å². The molecule has 6 amide bonds. The van der Waals surface area contributed by atoms with Crippen LogP contribution in [0.3, 0.4) is 0 Å². The number of hydrogen-bond donors (Lipinski definition) is 11. The van der Waals surface area contributed by atoms with E-state index in [1.807, 2.05) is 11.6 Å². The molecule has 1 aromatic heterocycles. The molecule has 2 fully saturated rings. The highest BCUT2D eigenvalue weighted by Gasteiger charge is 2.51. The number of urea groups is 1. The van der Waals surface area contributed by atoms with Crippen molar-refractivity contribution in [3.63, 3.8) is 0 Å². The molecule has 2 heterocycles. The molecular weight excluding hydrogens is 1180 g/mol. The zero-order valence-corrected chi connectivity index (χ0v) is 54.4. The third-order valence-corrected chi connectivity index (χ3v) is 17.8. The summed E-state index contributed by atoms with van der Waals surface area (Å²) in [5, 5.41) is 75.4. The average molecular weight is 1290 g/mol. The molecule has 514 valence electrons. The van der Waals surface area contributed by atoms with Crippen LogP contribution in [0.5, 0.6) is 0 Å². The quantitative estimate of drug-likeness (QED) is 0.0208. The van der Waals surface area contributed by atoms with E-state index in [9.17, 15) is 59.1 Å². The molecule has 0 radical (unpaired) electrons. The number of Topliss-reactive ketones (excluding diaryl/α,β-unsaturated/α-hetero) is 1. The number of primary amides is 1. The number of carbonyl (C=O) groups is 7. The summed E-state index contributed by atoms with van der Waals surface area (Å²) in [4.78, 5) is 91.1. The van der Waals surface area contributed by atoms with Crippen molar-refractivity contribution in [2.45, 2.75) is 256 Å². The van der Waals surface area contributed by atoms with E-state index in [4.69, 9.17) is 29.4 Å². The number of esters is 1. The summed E-state index contributed by atoms with van der Waals surface area (Å²) in [6.07, 6.45) is 7.12. The number of aliphatic hydroxyl groups is 5. The second-order valence-corrected chi connectivity index (χ2v) is 25.2. The SMILES string of the molecule is CCCCCCCCCCCCCC[C@@H](OC(=O)CCC)[C@@H](O)[C@H](CO[C@H]1OC(CO)[C@H](O)[C@H](O)C1O)NC(=O)OCc1ccc(NC(=O)[C@H](CCCNC(N)=O)CC(=O)[C@@H](NC(=O)OCC2C3CCc4nnn(CCCCC(=O)NC)c4CCC32)C(C)C)cc1. The van der Waals surface area contributed by atoms with Gasteiger partial charge in [0.05, 0.1) is 43.3 Å². The van der Waals surface area contributed by atoms with Crippen LogP contribution in [0, 0.1) is 29.6 Å². The standard InChI is InChI=1S/C65H107N9O17/c1-6-8-9-10-11-12-13-14-15-16-17-18-24-52(90-55(78)22-7-2)57(79)49(40-87-62-60(82)59(81)58(80)53(37-75)91-62)70-64(85)88-38-42-26-28-44(29-27-42)69-61(83)43(23-21-34-68-63(66)84)36-51(76)56(41(3)4)71-65(86)89-39-47-45-30-32-48-50(33-31-46(45)47)74(73-72-48)35-20-19-25-54(77)67-5/h26-29,41,43,45-47,49,52-53,56-60,62,75,79-82H,6-25,30-40H2,1-5H3,(H,67,77)(H,69,83)(H,70,85)(H,71,86)(H3,66,68,84)/t43-,45?,46?,47?,49+,52-,53?,56+,57+,58+,59+,60?,62+/m1/s1. The minimum absolute atomic E-state index is 0.0119. The van der Waals surface area contributed by atoms with Crippen LogP contribution in [0.25, 0.3) is 0 Å². The van der Waals surface area contributed by atoms with Crippen molar-refractivity contribution in [3.8, 4) is 0 Å². The van der Waals surface area contributed by atoms with Gasteiger partial charge in [-0.3, -0.25) is 19.2 Å². The molecule has 5 unspecified atom stereocenters. The number of alkyl carbamates (subject to hydrolysis) is 2. The molecule has 91 heavy (non-hydrogen) atoms. The maximum atomic E-state index is 14.1. The summed E-state index contributed by atoms with van der Waals surface area (Å²) < 4.78 is 30.4. The number of anilines is 1. The smallest absolute Gasteiger partial charge is 0.407 e. The lowest BCUT2D eigenvalue weighted by Crippen LogP contribution is -2.60. The number of amides is 6. The minimum Gasteiger partial charge on any atom is -0.460 e. The maximum Gasteiger partial charge on any atom is 0.407 e. The van der Waals surface area contributed by atoms with Crippen LogP contribution in [0.4, 0.5) is 20.1 Å². The van der Waals surface area contributed by atoms with E-state index in [2.05, 4.69) is 43.8 Å². The Hall–Kier alpha value is -6.03. The Morgan fingerprint density at radius 1 is 0.769 bits per heavy atom. The first-order chi connectivity index (χ1) is 43.8. The topological polar surface area (TPSA) is 384 Å². The van der Waals surface area contributed by atoms with Crippen molar-refractivity contribution < 1.29 is 82.8 Å². The molecule has 5 rings (SSSR count). The van der Waals surface area contributed by atoms with Crippen molar-refractivity contribution >= 4 is 47.5 Å². The predicted octanol–water partition coefficient (Wildman–Crippen LogP) is 5.92. The fourth-order valence-electron chi connectivity index (χ4n) is 12.2. The fraction of sp³-hybridized carbons (Fsp3) is 0.769. The lowest BCUT2D eigenvalue weighted by Gasteiger charge is -2.40. The Kier molecular flexibility index (Phi) is 34.0. The number of hydrogen-bond acceptors (Lipinski definition) is 19. The summed E-state index contributed by atoms with van der Waals surface area (Å²) in [6.45, 7) is 7.05. The van der Waals surface area contributed by atoms with Gasteiger partial charge < -0.3 is 81.5 Å². The molecule has 1 aromatic carbocycles. The Bertz CT molecular complexity index is 2520. The third kappa shape index (κ3) is 26.1. The molecule has 1 aliphatic heterocycles. The van der Waals surface area contributed by atoms with Crippen LogP contribution >= 0.6 is 0 Å². The number of nitrogens with one attached hydrogen (secondary N) is 5. The van der Waals surface area contributed by atoms with E-state index in [-0.39, 0.29) is 69.0 Å². The monoisotopic (exact) mass is 1290 g/mol.